The summed E-state index contributed by atoms with van der Waals surface area (Å²) in [6, 6.07) is 0. The Morgan fingerprint density at radius 2 is 2.50 bits per heavy atom. The molecular weight excluding hydrogens is 158 g/mol. The van der Waals surface area contributed by atoms with Crippen molar-refractivity contribution in [3.8, 4) is 0 Å². The lowest BCUT2D eigenvalue weighted by atomic mass is 10.3. The molecule has 0 spiro atoms. The summed E-state index contributed by atoms with van der Waals surface area (Å²) in [5, 5.41) is 16.3. The number of hydrogen-bond donors (Lipinski definition) is 1. The van der Waals surface area contributed by atoms with Gasteiger partial charge in [-0.15, -0.1) is 5.10 Å². The van der Waals surface area contributed by atoms with Crippen LogP contribution in [0.2, 0.25) is 0 Å². The first-order valence-corrected chi connectivity index (χ1v) is 3.85. The van der Waals surface area contributed by atoms with Crippen molar-refractivity contribution in [3.63, 3.8) is 0 Å². The SMILES string of the molecule is COCCn1cc(CCO)nn1. The molecular formula is C7H13N3O2. The quantitative estimate of drug-likeness (QED) is 0.646. The number of hydrogen-bond acceptors (Lipinski definition) is 4. The van der Waals surface area contributed by atoms with Crippen molar-refractivity contribution in [2.45, 2.75) is 13.0 Å². The highest BCUT2D eigenvalue weighted by Crippen LogP contribution is 1.93. The Morgan fingerprint density at radius 3 is 3.17 bits per heavy atom. The number of methoxy groups -OCH3 is 1. The Hall–Kier alpha value is -0.940. The van der Waals surface area contributed by atoms with Crippen molar-refractivity contribution in [2.24, 2.45) is 0 Å². The van der Waals surface area contributed by atoms with Gasteiger partial charge in [0.25, 0.3) is 0 Å². The molecule has 0 saturated heterocycles. The smallest absolute Gasteiger partial charge is 0.0849 e. The van der Waals surface area contributed by atoms with E-state index in [-0.39, 0.29) is 6.61 Å². The first-order valence-electron chi connectivity index (χ1n) is 3.85. The van der Waals surface area contributed by atoms with Crippen LogP contribution in [-0.2, 0) is 17.7 Å². The van der Waals surface area contributed by atoms with E-state index in [0.29, 0.717) is 19.6 Å². The fourth-order valence-electron chi connectivity index (χ4n) is 0.862. The molecule has 0 atom stereocenters. The number of ether oxygens (including phenoxy) is 1. The maximum absolute atomic E-state index is 8.60. The Bertz CT molecular complexity index is 224. The molecule has 0 aliphatic rings. The summed E-state index contributed by atoms with van der Waals surface area (Å²) < 4.78 is 6.58. The molecule has 0 saturated carbocycles. The van der Waals surface area contributed by atoms with E-state index in [4.69, 9.17) is 9.84 Å². The van der Waals surface area contributed by atoms with Gasteiger partial charge in [0.15, 0.2) is 0 Å². The molecule has 0 radical (unpaired) electrons. The molecule has 5 heteroatoms. The highest BCUT2D eigenvalue weighted by Gasteiger charge is 1.98. The predicted octanol–water partition coefficient (Wildman–Crippen LogP) is -0.541. The van der Waals surface area contributed by atoms with Gasteiger partial charge in [0.05, 0.1) is 18.8 Å². The molecule has 1 aromatic rings. The van der Waals surface area contributed by atoms with Crippen LogP contribution in [0.1, 0.15) is 5.69 Å². The molecule has 1 N–H and O–H groups in total. The highest BCUT2D eigenvalue weighted by atomic mass is 16.5. The van der Waals surface area contributed by atoms with Crippen LogP contribution in [0.15, 0.2) is 6.20 Å². The number of aliphatic hydroxyl groups excluding tert-OH is 1. The van der Waals surface area contributed by atoms with Crippen LogP contribution in [0.5, 0.6) is 0 Å². The van der Waals surface area contributed by atoms with Gasteiger partial charge < -0.3 is 9.84 Å². The van der Waals surface area contributed by atoms with E-state index < -0.39 is 0 Å². The molecule has 0 bridgehead atoms. The summed E-state index contributed by atoms with van der Waals surface area (Å²) in [7, 11) is 1.64. The summed E-state index contributed by atoms with van der Waals surface area (Å²) in [4.78, 5) is 0. The van der Waals surface area contributed by atoms with Crippen LogP contribution in [0.4, 0.5) is 0 Å². The van der Waals surface area contributed by atoms with E-state index in [1.165, 1.54) is 0 Å². The van der Waals surface area contributed by atoms with E-state index in [1.54, 1.807) is 11.8 Å². The molecule has 0 amide bonds. The normalized spacial score (nSPS) is 10.5. The monoisotopic (exact) mass is 171 g/mol. The summed E-state index contributed by atoms with van der Waals surface area (Å²) >= 11 is 0. The van der Waals surface area contributed by atoms with Gasteiger partial charge in [0.2, 0.25) is 0 Å². The second kappa shape index (κ2) is 4.84. The van der Waals surface area contributed by atoms with Crippen LogP contribution >= 0.6 is 0 Å². The van der Waals surface area contributed by atoms with Gasteiger partial charge in [-0.05, 0) is 0 Å². The van der Waals surface area contributed by atoms with E-state index >= 15 is 0 Å². The minimum atomic E-state index is 0.114. The summed E-state index contributed by atoms with van der Waals surface area (Å²) in [6.45, 7) is 1.44. The summed E-state index contributed by atoms with van der Waals surface area (Å²) in [6.07, 6.45) is 2.38. The van der Waals surface area contributed by atoms with Gasteiger partial charge in [-0.1, -0.05) is 5.21 Å². The maximum Gasteiger partial charge on any atom is 0.0849 e. The second-order valence-electron chi connectivity index (χ2n) is 2.44. The minimum absolute atomic E-state index is 0.114. The van der Waals surface area contributed by atoms with Crippen molar-refractivity contribution < 1.29 is 9.84 Å². The zero-order chi connectivity index (χ0) is 8.81. The average Bonchev–Trinajstić information content (AvgIpc) is 2.50. The third-order valence-electron chi connectivity index (χ3n) is 1.48. The first-order chi connectivity index (χ1) is 5.86. The molecule has 0 aromatic carbocycles. The third kappa shape index (κ3) is 2.60. The Kier molecular flexibility index (Phi) is 3.69. The maximum atomic E-state index is 8.60. The molecule has 1 rings (SSSR count). The van der Waals surface area contributed by atoms with Crippen molar-refractivity contribution in [1.29, 1.82) is 0 Å². The van der Waals surface area contributed by atoms with Crippen LogP contribution in [0.25, 0.3) is 0 Å². The van der Waals surface area contributed by atoms with Gasteiger partial charge in [-0.25, -0.2) is 4.68 Å². The largest absolute Gasteiger partial charge is 0.396 e. The average molecular weight is 171 g/mol. The van der Waals surface area contributed by atoms with Gasteiger partial charge in [-0.3, -0.25) is 0 Å². The zero-order valence-corrected chi connectivity index (χ0v) is 7.10. The van der Waals surface area contributed by atoms with Crippen molar-refractivity contribution in [3.05, 3.63) is 11.9 Å². The van der Waals surface area contributed by atoms with Crippen LogP contribution in [0, 0.1) is 0 Å². The van der Waals surface area contributed by atoms with E-state index in [2.05, 4.69) is 10.3 Å². The van der Waals surface area contributed by atoms with Crippen molar-refractivity contribution >= 4 is 0 Å². The Labute approximate surface area is 71.0 Å². The number of aromatic nitrogens is 3. The van der Waals surface area contributed by atoms with E-state index in [0.717, 1.165) is 5.69 Å². The Balaban J connectivity index is 2.41. The second-order valence-corrected chi connectivity index (χ2v) is 2.44. The lowest BCUT2D eigenvalue weighted by Gasteiger charge is -1.96. The van der Waals surface area contributed by atoms with Crippen molar-refractivity contribution in [2.75, 3.05) is 20.3 Å². The standard InChI is InChI=1S/C7H13N3O2/c1-12-5-3-10-6-7(2-4-11)8-9-10/h6,11H,2-5H2,1H3. The fraction of sp³-hybridized carbons (Fsp3) is 0.714. The lowest BCUT2D eigenvalue weighted by Crippen LogP contribution is -2.04. The van der Waals surface area contributed by atoms with E-state index in [9.17, 15) is 0 Å². The molecule has 1 aromatic heterocycles. The highest BCUT2D eigenvalue weighted by molar-refractivity contribution is 4.91. The number of rotatable bonds is 5. The van der Waals surface area contributed by atoms with Crippen LogP contribution < -0.4 is 0 Å². The molecule has 0 aliphatic carbocycles. The van der Waals surface area contributed by atoms with Crippen molar-refractivity contribution in [1.82, 2.24) is 15.0 Å². The van der Waals surface area contributed by atoms with Crippen LogP contribution in [-0.4, -0.2) is 40.4 Å². The van der Waals surface area contributed by atoms with E-state index in [1.807, 2.05) is 6.20 Å². The molecule has 12 heavy (non-hydrogen) atoms. The molecule has 1 heterocycles. The summed E-state index contributed by atoms with van der Waals surface area (Å²) in [5.41, 5.74) is 0.814. The number of aliphatic hydroxyl groups is 1. The predicted molar refractivity (Wildman–Crippen MR) is 42.7 cm³/mol. The lowest BCUT2D eigenvalue weighted by molar-refractivity contribution is 0.183. The molecule has 0 fully saturated rings. The molecule has 0 unspecified atom stereocenters. The van der Waals surface area contributed by atoms with Crippen LogP contribution in [0.3, 0.4) is 0 Å². The van der Waals surface area contributed by atoms with Gasteiger partial charge >= 0.3 is 0 Å². The molecule has 5 nitrogen and oxygen atoms in total. The minimum Gasteiger partial charge on any atom is -0.396 e. The van der Waals surface area contributed by atoms with Gasteiger partial charge in [0.1, 0.15) is 0 Å². The van der Waals surface area contributed by atoms with Gasteiger partial charge in [-0.2, -0.15) is 0 Å². The molecule has 68 valence electrons. The topological polar surface area (TPSA) is 60.2 Å². The molecule has 0 aliphatic heterocycles. The third-order valence-corrected chi connectivity index (χ3v) is 1.48. The number of nitrogens with zero attached hydrogens (tertiary/aromatic N) is 3. The zero-order valence-electron chi connectivity index (χ0n) is 7.10. The summed E-state index contributed by atoms with van der Waals surface area (Å²) in [5.74, 6) is 0. The Morgan fingerprint density at radius 1 is 1.67 bits per heavy atom. The fourth-order valence-corrected chi connectivity index (χ4v) is 0.862. The first kappa shape index (κ1) is 9.15. The van der Waals surface area contributed by atoms with Gasteiger partial charge in [0, 0.05) is 26.3 Å².